The molecule has 2 fully saturated rings. The number of benzene rings is 2. The van der Waals surface area contributed by atoms with Crippen LogP contribution in [0.3, 0.4) is 0 Å². The fourth-order valence-electron chi connectivity index (χ4n) is 5.71. The molecule has 0 atom stereocenters. The normalized spacial score (nSPS) is 19.9. The molecule has 3 heterocycles. The Bertz CT molecular complexity index is 1440. The first-order valence-electron chi connectivity index (χ1n) is 12.1. The van der Waals surface area contributed by atoms with Crippen LogP contribution >= 0.6 is 0 Å². The molecule has 2 aromatic carbocycles. The summed E-state index contributed by atoms with van der Waals surface area (Å²) in [7, 11) is 0. The van der Waals surface area contributed by atoms with Crippen LogP contribution in [-0.2, 0) is 10.2 Å². The molecular weight excluding hydrogens is 438 g/mol. The van der Waals surface area contributed by atoms with Gasteiger partial charge >= 0.3 is 0 Å². The Morgan fingerprint density at radius 2 is 1.97 bits per heavy atom. The highest BCUT2D eigenvalue weighted by Gasteiger charge is 2.40. The van der Waals surface area contributed by atoms with Crippen LogP contribution in [-0.4, -0.2) is 54.1 Å². The van der Waals surface area contributed by atoms with E-state index in [-0.39, 0.29) is 11.9 Å². The van der Waals surface area contributed by atoms with Crippen molar-refractivity contribution in [1.82, 2.24) is 9.88 Å². The second-order valence-electron chi connectivity index (χ2n) is 10.3. The molecule has 6 heteroatoms. The van der Waals surface area contributed by atoms with E-state index in [1.54, 1.807) is 12.1 Å². The van der Waals surface area contributed by atoms with E-state index in [9.17, 15) is 10.1 Å². The molecule has 2 saturated heterocycles. The quantitative estimate of drug-likeness (QED) is 0.589. The molecule has 2 aliphatic heterocycles. The number of carbonyl (C=O) groups is 1. The molecule has 0 unspecified atom stereocenters. The Morgan fingerprint density at radius 1 is 1.20 bits per heavy atom. The second kappa shape index (κ2) is 7.99. The van der Waals surface area contributed by atoms with E-state index in [4.69, 9.17) is 15.9 Å². The van der Waals surface area contributed by atoms with E-state index in [1.807, 2.05) is 18.2 Å². The molecule has 0 spiro atoms. The van der Waals surface area contributed by atoms with Gasteiger partial charge < -0.3 is 14.5 Å². The third-order valence-electron chi connectivity index (χ3n) is 7.88. The summed E-state index contributed by atoms with van der Waals surface area (Å²) in [4.78, 5) is 19.6. The maximum Gasteiger partial charge on any atom is 0.195 e. The number of ether oxygens (including phenoxy) is 2. The summed E-state index contributed by atoms with van der Waals surface area (Å²) >= 11 is 0. The minimum absolute atomic E-state index is 0.0515. The maximum absolute atomic E-state index is 13.7. The summed E-state index contributed by atoms with van der Waals surface area (Å²) in [6, 6.07) is 11.9. The van der Waals surface area contributed by atoms with Crippen LogP contribution in [0.4, 0.5) is 0 Å². The number of hydrogen-bond donors (Lipinski definition) is 1. The fourth-order valence-corrected chi connectivity index (χ4v) is 5.71. The SMILES string of the molecule is C#Cc1cc2c(cc1OC1CCN(C3COC3)CC1)C(C)(C)c1[nH]c3cc(C#N)ccc3c1C2=O. The largest absolute Gasteiger partial charge is 0.489 e. The highest BCUT2D eigenvalue weighted by molar-refractivity contribution is 6.20. The summed E-state index contributed by atoms with van der Waals surface area (Å²) < 4.78 is 11.8. The van der Waals surface area contributed by atoms with Gasteiger partial charge in [0.25, 0.3) is 0 Å². The van der Waals surface area contributed by atoms with E-state index in [0.717, 1.165) is 61.3 Å². The highest BCUT2D eigenvalue weighted by Crippen LogP contribution is 2.45. The van der Waals surface area contributed by atoms with Crippen molar-refractivity contribution in [2.24, 2.45) is 0 Å². The summed E-state index contributed by atoms with van der Waals surface area (Å²) in [5, 5.41) is 10.1. The van der Waals surface area contributed by atoms with Gasteiger partial charge in [-0.25, -0.2) is 0 Å². The number of terminal acetylenes is 1. The fraction of sp³-hybridized carbons (Fsp3) is 0.379. The van der Waals surface area contributed by atoms with Crippen LogP contribution in [0.25, 0.3) is 10.9 Å². The number of piperidine rings is 1. The summed E-state index contributed by atoms with van der Waals surface area (Å²) in [5.74, 6) is 3.37. The number of nitrogens with zero attached hydrogens (tertiary/aromatic N) is 2. The number of fused-ring (bicyclic) bond motifs is 4. The lowest BCUT2D eigenvalue weighted by molar-refractivity contribution is -0.0778. The predicted octanol–water partition coefficient (Wildman–Crippen LogP) is 4.13. The number of nitriles is 1. The van der Waals surface area contributed by atoms with Crippen molar-refractivity contribution in [3.05, 3.63) is 63.8 Å². The van der Waals surface area contributed by atoms with E-state index >= 15 is 0 Å². The zero-order chi connectivity index (χ0) is 24.3. The van der Waals surface area contributed by atoms with Crippen LogP contribution in [0.1, 0.15) is 65.0 Å². The molecular formula is C29H27N3O3. The molecule has 0 radical (unpaired) electrons. The Morgan fingerprint density at radius 3 is 2.63 bits per heavy atom. The maximum atomic E-state index is 13.7. The molecule has 6 nitrogen and oxygen atoms in total. The Balaban J connectivity index is 1.36. The molecule has 176 valence electrons. The van der Waals surface area contributed by atoms with Gasteiger partial charge in [-0.1, -0.05) is 25.8 Å². The predicted molar refractivity (Wildman–Crippen MR) is 133 cm³/mol. The lowest BCUT2D eigenvalue weighted by Gasteiger charge is -2.41. The number of nitrogens with one attached hydrogen (secondary N) is 1. The first-order chi connectivity index (χ1) is 16.9. The van der Waals surface area contributed by atoms with Crippen molar-refractivity contribution < 1.29 is 14.3 Å². The number of aromatic nitrogens is 1. The Labute approximate surface area is 204 Å². The van der Waals surface area contributed by atoms with Crippen molar-refractivity contribution in [2.45, 2.75) is 44.2 Å². The number of hydrogen-bond acceptors (Lipinski definition) is 5. The third kappa shape index (κ3) is 3.37. The lowest BCUT2D eigenvalue weighted by atomic mass is 9.71. The second-order valence-corrected chi connectivity index (χ2v) is 10.3. The Kier molecular flexibility index (Phi) is 5.00. The molecule has 0 bridgehead atoms. The van der Waals surface area contributed by atoms with Crippen molar-refractivity contribution >= 4 is 16.7 Å². The van der Waals surface area contributed by atoms with Gasteiger partial charge in [0, 0.05) is 40.7 Å². The molecule has 0 saturated carbocycles. The van der Waals surface area contributed by atoms with Crippen LogP contribution in [0.5, 0.6) is 5.75 Å². The zero-order valence-corrected chi connectivity index (χ0v) is 20.0. The van der Waals surface area contributed by atoms with Crippen molar-refractivity contribution in [1.29, 1.82) is 5.26 Å². The Hall–Kier alpha value is -3.58. The molecule has 1 aromatic heterocycles. The summed E-state index contributed by atoms with van der Waals surface area (Å²) in [6.45, 7) is 7.85. The zero-order valence-electron chi connectivity index (χ0n) is 20.0. The number of carbonyl (C=O) groups excluding carboxylic acids is 1. The summed E-state index contributed by atoms with van der Waals surface area (Å²) in [5.41, 5.74) is 4.52. The van der Waals surface area contributed by atoms with Gasteiger partial charge in [0.1, 0.15) is 11.9 Å². The minimum atomic E-state index is -0.469. The average molecular weight is 466 g/mol. The molecule has 3 aromatic rings. The standard InChI is InChI=1S/C29H27N3O3/c1-4-18-12-22-23(13-25(18)35-20-7-9-32(10-8-20)19-15-34-16-19)29(2,3)28-26(27(22)33)21-6-5-17(14-30)11-24(21)31-28/h1,5-6,11-13,19-20,31H,7-10,15-16H2,2-3H3. The number of aromatic amines is 1. The number of ketones is 1. The first kappa shape index (κ1) is 21.9. The van der Waals surface area contributed by atoms with E-state index in [2.05, 4.69) is 35.7 Å². The number of likely N-dealkylation sites (tertiary alicyclic amines) is 1. The lowest BCUT2D eigenvalue weighted by Crippen LogP contribution is -2.52. The smallest absolute Gasteiger partial charge is 0.195 e. The van der Waals surface area contributed by atoms with E-state index < -0.39 is 5.41 Å². The van der Waals surface area contributed by atoms with Gasteiger partial charge in [0.15, 0.2) is 5.78 Å². The third-order valence-corrected chi connectivity index (χ3v) is 7.88. The van der Waals surface area contributed by atoms with Gasteiger partial charge in [0.05, 0.1) is 42.0 Å². The van der Waals surface area contributed by atoms with Crippen LogP contribution in [0, 0.1) is 23.7 Å². The number of H-pyrrole nitrogens is 1. The van der Waals surface area contributed by atoms with Gasteiger partial charge in [-0.3, -0.25) is 9.69 Å². The average Bonchev–Trinajstić information content (AvgIpc) is 3.22. The minimum Gasteiger partial charge on any atom is -0.489 e. The molecule has 1 N–H and O–H groups in total. The summed E-state index contributed by atoms with van der Waals surface area (Å²) in [6.07, 6.45) is 7.85. The molecule has 35 heavy (non-hydrogen) atoms. The van der Waals surface area contributed by atoms with Crippen molar-refractivity contribution in [2.75, 3.05) is 26.3 Å². The highest BCUT2D eigenvalue weighted by atomic mass is 16.5. The van der Waals surface area contributed by atoms with Gasteiger partial charge in [-0.05, 0) is 42.7 Å². The van der Waals surface area contributed by atoms with E-state index in [1.165, 1.54) is 0 Å². The van der Waals surface area contributed by atoms with Crippen LogP contribution in [0.15, 0.2) is 30.3 Å². The van der Waals surface area contributed by atoms with Crippen molar-refractivity contribution in [3.8, 4) is 24.2 Å². The van der Waals surface area contributed by atoms with Gasteiger partial charge in [0.2, 0.25) is 0 Å². The molecule has 3 aliphatic rings. The van der Waals surface area contributed by atoms with E-state index in [0.29, 0.717) is 34.0 Å². The van der Waals surface area contributed by atoms with Crippen LogP contribution in [0.2, 0.25) is 0 Å². The van der Waals surface area contributed by atoms with Crippen molar-refractivity contribution in [3.63, 3.8) is 0 Å². The molecule has 1 aliphatic carbocycles. The molecule has 0 amide bonds. The van der Waals surface area contributed by atoms with Gasteiger partial charge in [-0.2, -0.15) is 5.26 Å². The first-order valence-corrected chi connectivity index (χ1v) is 12.1. The number of rotatable bonds is 3. The molecule has 6 rings (SSSR count). The van der Waals surface area contributed by atoms with Gasteiger partial charge in [-0.15, -0.1) is 6.42 Å². The van der Waals surface area contributed by atoms with Crippen LogP contribution < -0.4 is 4.74 Å². The monoisotopic (exact) mass is 465 g/mol. The topological polar surface area (TPSA) is 78.3 Å².